The van der Waals surface area contributed by atoms with Gasteiger partial charge in [-0.25, -0.2) is 4.39 Å². The van der Waals surface area contributed by atoms with Gasteiger partial charge in [0.25, 0.3) is 0 Å². The topological polar surface area (TPSA) is 85.7 Å². The van der Waals surface area contributed by atoms with Crippen LogP contribution < -0.4 is 0 Å². The van der Waals surface area contributed by atoms with Gasteiger partial charge in [-0.1, -0.05) is 96.1 Å². The Labute approximate surface area is 204 Å². The Morgan fingerprint density at radius 1 is 0.743 bits per heavy atom. The number of ether oxygens (including phenoxy) is 4. The molecule has 1 aliphatic heterocycles. The summed E-state index contributed by atoms with van der Waals surface area (Å²) in [4.78, 5) is 2.83. The van der Waals surface area contributed by atoms with E-state index in [1.165, 1.54) is 0 Å². The fourth-order valence-electron chi connectivity index (χ4n) is 3.99. The molecule has 0 aromatic heterocycles. The largest absolute Gasteiger partial charge is 0.374 e. The Bertz CT molecular complexity index is 1070. The highest BCUT2D eigenvalue weighted by molar-refractivity contribution is 5.15. The van der Waals surface area contributed by atoms with Crippen LogP contribution in [0.2, 0.25) is 0 Å². The van der Waals surface area contributed by atoms with Crippen molar-refractivity contribution in [3.8, 4) is 0 Å². The van der Waals surface area contributed by atoms with E-state index in [1.54, 1.807) is 0 Å². The van der Waals surface area contributed by atoms with Crippen LogP contribution in [-0.4, -0.2) is 37.3 Å². The van der Waals surface area contributed by atoms with Gasteiger partial charge >= 0.3 is 0 Å². The molecule has 182 valence electrons. The van der Waals surface area contributed by atoms with Crippen molar-refractivity contribution in [3.63, 3.8) is 0 Å². The number of hydrogen-bond acceptors (Lipinski definition) is 5. The highest BCUT2D eigenvalue weighted by Crippen LogP contribution is 2.31. The molecular weight excluding hydrogens is 449 g/mol. The molecule has 3 aromatic rings. The zero-order valence-corrected chi connectivity index (χ0v) is 19.2. The number of azide groups is 1. The quantitative estimate of drug-likeness (QED) is 0.200. The summed E-state index contributed by atoms with van der Waals surface area (Å²) in [5.74, 6) is 0. The molecule has 1 saturated heterocycles. The third-order valence-electron chi connectivity index (χ3n) is 5.75. The SMILES string of the molecule is [N-]=[N+]=NC1[C@@H](F)OC(COCc2ccccc2)[C@@H](OCc2ccccc2)[C@H]1OCc1ccccc1. The second-order valence-corrected chi connectivity index (χ2v) is 8.24. The Morgan fingerprint density at radius 2 is 1.23 bits per heavy atom. The van der Waals surface area contributed by atoms with Gasteiger partial charge in [-0.3, -0.25) is 0 Å². The molecule has 5 atom stereocenters. The molecular formula is C27H28FN3O4. The minimum absolute atomic E-state index is 0.0863. The number of halogens is 1. The fraction of sp³-hybridized carbons (Fsp3) is 0.333. The average molecular weight is 478 g/mol. The minimum Gasteiger partial charge on any atom is -0.374 e. The van der Waals surface area contributed by atoms with Gasteiger partial charge in [0.1, 0.15) is 24.4 Å². The van der Waals surface area contributed by atoms with Crippen molar-refractivity contribution in [3.05, 3.63) is 118 Å². The number of rotatable bonds is 11. The first-order valence-corrected chi connectivity index (χ1v) is 11.5. The first kappa shape index (κ1) is 24.9. The van der Waals surface area contributed by atoms with Crippen molar-refractivity contribution < 1.29 is 23.3 Å². The molecule has 0 N–H and O–H groups in total. The molecule has 1 aliphatic rings. The molecule has 1 fully saturated rings. The summed E-state index contributed by atoms with van der Waals surface area (Å²) in [6.07, 6.45) is -4.21. The van der Waals surface area contributed by atoms with Gasteiger partial charge in [0, 0.05) is 4.91 Å². The van der Waals surface area contributed by atoms with Crippen LogP contribution in [0, 0.1) is 0 Å². The van der Waals surface area contributed by atoms with Gasteiger partial charge < -0.3 is 18.9 Å². The Balaban J connectivity index is 1.52. The molecule has 7 nitrogen and oxygen atoms in total. The van der Waals surface area contributed by atoms with Crippen LogP contribution in [0.15, 0.2) is 96.1 Å². The van der Waals surface area contributed by atoms with E-state index in [9.17, 15) is 0 Å². The molecule has 3 aromatic carbocycles. The number of benzene rings is 3. The van der Waals surface area contributed by atoms with E-state index in [2.05, 4.69) is 10.0 Å². The summed E-state index contributed by atoms with van der Waals surface area (Å²) in [6.45, 7) is 0.898. The van der Waals surface area contributed by atoms with E-state index in [0.29, 0.717) is 6.61 Å². The molecule has 4 rings (SSSR count). The number of hydrogen-bond donors (Lipinski definition) is 0. The molecule has 0 amide bonds. The van der Waals surface area contributed by atoms with E-state index < -0.39 is 30.7 Å². The number of nitrogens with zero attached hydrogens (tertiary/aromatic N) is 3. The lowest BCUT2D eigenvalue weighted by molar-refractivity contribution is -0.253. The molecule has 0 radical (unpaired) electrons. The first-order chi connectivity index (χ1) is 17.2. The van der Waals surface area contributed by atoms with Crippen LogP contribution in [0.3, 0.4) is 0 Å². The minimum atomic E-state index is -1.85. The molecule has 0 spiro atoms. The predicted molar refractivity (Wildman–Crippen MR) is 129 cm³/mol. The van der Waals surface area contributed by atoms with Crippen molar-refractivity contribution in [2.24, 2.45) is 5.11 Å². The van der Waals surface area contributed by atoms with Gasteiger partial charge in [-0.15, -0.1) is 0 Å². The normalized spacial score (nSPS) is 24.0. The predicted octanol–water partition coefficient (Wildman–Crippen LogP) is 5.75. The molecule has 0 bridgehead atoms. The first-order valence-electron chi connectivity index (χ1n) is 11.5. The Kier molecular flexibility index (Phi) is 9.23. The van der Waals surface area contributed by atoms with E-state index in [1.807, 2.05) is 91.0 Å². The van der Waals surface area contributed by atoms with Crippen LogP contribution in [0.25, 0.3) is 10.4 Å². The lowest BCUT2D eigenvalue weighted by atomic mass is 9.97. The monoisotopic (exact) mass is 477 g/mol. The van der Waals surface area contributed by atoms with E-state index >= 15 is 4.39 Å². The third kappa shape index (κ3) is 7.11. The van der Waals surface area contributed by atoms with E-state index in [4.69, 9.17) is 24.5 Å². The van der Waals surface area contributed by atoms with Gasteiger partial charge in [0.05, 0.1) is 26.4 Å². The van der Waals surface area contributed by atoms with Crippen molar-refractivity contribution in [1.29, 1.82) is 0 Å². The molecule has 2 unspecified atom stereocenters. The highest BCUT2D eigenvalue weighted by atomic mass is 19.1. The highest BCUT2D eigenvalue weighted by Gasteiger charge is 2.47. The number of alkyl halides is 1. The van der Waals surface area contributed by atoms with Gasteiger partial charge in [0.15, 0.2) is 0 Å². The smallest absolute Gasteiger partial charge is 0.210 e. The molecule has 0 aliphatic carbocycles. The van der Waals surface area contributed by atoms with Crippen LogP contribution in [0.1, 0.15) is 16.7 Å². The second kappa shape index (κ2) is 13.0. The van der Waals surface area contributed by atoms with Crippen LogP contribution in [-0.2, 0) is 38.8 Å². The van der Waals surface area contributed by atoms with Gasteiger partial charge in [0.2, 0.25) is 6.36 Å². The standard InChI is InChI=1S/C27H28FN3O4/c28-27-24(30-31-29)26(34-18-22-14-8-3-9-15-22)25(33-17-21-12-6-2-7-13-21)23(35-27)19-32-16-20-10-4-1-5-11-20/h1-15,23-27H,16-19H2/t23?,24?,25-,26+,27+/m1/s1. The van der Waals surface area contributed by atoms with Crippen molar-refractivity contribution in [1.82, 2.24) is 0 Å². The summed E-state index contributed by atoms with van der Waals surface area (Å²) in [5, 5.41) is 3.66. The van der Waals surface area contributed by atoms with Crippen LogP contribution in [0.4, 0.5) is 4.39 Å². The van der Waals surface area contributed by atoms with Gasteiger partial charge in [-0.2, -0.15) is 0 Å². The third-order valence-corrected chi connectivity index (χ3v) is 5.75. The van der Waals surface area contributed by atoms with Crippen molar-refractivity contribution in [2.75, 3.05) is 6.61 Å². The Morgan fingerprint density at radius 3 is 1.74 bits per heavy atom. The maximum atomic E-state index is 15.1. The zero-order chi connectivity index (χ0) is 24.3. The van der Waals surface area contributed by atoms with Gasteiger partial charge in [-0.05, 0) is 22.2 Å². The summed E-state index contributed by atoms with van der Waals surface area (Å²) in [7, 11) is 0. The Hall–Kier alpha value is -3.26. The van der Waals surface area contributed by atoms with Crippen molar-refractivity contribution >= 4 is 0 Å². The molecule has 0 saturated carbocycles. The summed E-state index contributed by atoms with van der Waals surface area (Å²) in [6, 6.07) is 27.6. The maximum Gasteiger partial charge on any atom is 0.210 e. The van der Waals surface area contributed by atoms with E-state index in [-0.39, 0.29) is 19.8 Å². The lowest BCUT2D eigenvalue weighted by Gasteiger charge is -2.42. The zero-order valence-electron chi connectivity index (χ0n) is 19.2. The van der Waals surface area contributed by atoms with Crippen LogP contribution in [0.5, 0.6) is 0 Å². The molecule has 1 heterocycles. The maximum absolute atomic E-state index is 15.1. The summed E-state index contributed by atoms with van der Waals surface area (Å²) < 4.78 is 38.9. The summed E-state index contributed by atoms with van der Waals surface area (Å²) >= 11 is 0. The molecule has 8 heteroatoms. The van der Waals surface area contributed by atoms with E-state index in [0.717, 1.165) is 16.7 Å². The second-order valence-electron chi connectivity index (χ2n) is 8.24. The lowest BCUT2D eigenvalue weighted by Crippen LogP contribution is -2.58. The molecule has 35 heavy (non-hydrogen) atoms. The average Bonchev–Trinajstić information content (AvgIpc) is 2.90. The van der Waals surface area contributed by atoms with Crippen LogP contribution >= 0.6 is 0 Å². The van der Waals surface area contributed by atoms with Crippen molar-refractivity contribution in [2.45, 2.75) is 50.5 Å². The summed E-state index contributed by atoms with van der Waals surface area (Å²) in [5.41, 5.74) is 11.9. The fourth-order valence-corrected chi connectivity index (χ4v) is 3.99.